The Kier molecular flexibility index (Phi) is 6.21. The minimum Gasteiger partial charge on any atom is -0.338 e. The molecule has 3 rings (SSSR count). The highest BCUT2D eigenvalue weighted by molar-refractivity contribution is 5.86. The van der Waals surface area contributed by atoms with Crippen molar-refractivity contribution in [2.75, 3.05) is 6.54 Å². The zero-order valence-corrected chi connectivity index (χ0v) is 15.4. The highest BCUT2D eigenvalue weighted by atomic mass is 16.2. The summed E-state index contributed by atoms with van der Waals surface area (Å²) in [7, 11) is 0. The Morgan fingerprint density at radius 1 is 1.00 bits per heavy atom. The van der Waals surface area contributed by atoms with Crippen LogP contribution in [0.3, 0.4) is 0 Å². The van der Waals surface area contributed by atoms with E-state index in [2.05, 4.69) is 24.3 Å². The number of carbonyl (C=O) groups excluding carboxylic acids is 2. The fourth-order valence-electron chi connectivity index (χ4n) is 3.70. The smallest absolute Gasteiger partial charge is 0.226 e. The number of amides is 1. The maximum absolute atomic E-state index is 13.2. The first-order valence-corrected chi connectivity index (χ1v) is 9.53. The van der Waals surface area contributed by atoms with Crippen LogP contribution >= 0.6 is 0 Å². The molecule has 1 aliphatic rings. The van der Waals surface area contributed by atoms with Crippen LogP contribution in [0.1, 0.15) is 37.3 Å². The van der Waals surface area contributed by atoms with Crippen molar-refractivity contribution < 1.29 is 9.59 Å². The van der Waals surface area contributed by atoms with E-state index in [4.69, 9.17) is 0 Å². The first kappa shape index (κ1) is 18.4. The van der Waals surface area contributed by atoms with Gasteiger partial charge >= 0.3 is 0 Å². The van der Waals surface area contributed by atoms with Gasteiger partial charge in [0.05, 0.1) is 0 Å². The molecule has 2 atom stereocenters. The SMILES string of the molecule is C[C@@H]1C[C@H](C(=O)N(CCc2ccccc2)Cc2ccccc2)CCC1=O. The lowest BCUT2D eigenvalue weighted by Gasteiger charge is -2.31. The molecule has 1 saturated carbocycles. The van der Waals surface area contributed by atoms with E-state index in [0.29, 0.717) is 38.1 Å². The molecule has 1 aliphatic carbocycles. The Hall–Kier alpha value is -2.42. The lowest BCUT2D eigenvalue weighted by Crippen LogP contribution is -2.40. The van der Waals surface area contributed by atoms with Gasteiger partial charge in [0, 0.05) is 31.3 Å². The van der Waals surface area contributed by atoms with Gasteiger partial charge in [-0.2, -0.15) is 0 Å². The van der Waals surface area contributed by atoms with E-state index >= 15 is 0 Å². The first-order chi connectivity index (χ1) is 12.6. The quantitative estimate of drug-likeness (QED) is 0.781. The van der Waals surface area contributed by atoms with E-state index in [0.717, 1.165) is 12.0 Å². The van der Waals surface area contributed by atoms with Gasteiger partial charge in [0.25, 0.3) is 0 Å². The van der Waals surface area contributed by atoms with E-state index < -0.39 is 0 Å². The Morgan fingerprint density at radius 3 is 2.23 bits per heavy atom. The van der Waals surface area contributed by atoms with Crippen LogP contribution in [0.25, 0.3) is 0 Å². The van der Waals surface area contributed by atoms with Gasteiger partial charge in [0.15, 0.2) is 0 Å². The molecule has 1 amide bonds. The first-order valence-electron chi connectivity index (χ1n) is 9.53. The molecule has 26 heavy (non-hydrogen) atoms. The summed E-state index contributed by atoms with van der Waals surface area (Å²) in [5.41, 5.74) is 2.39. The largest absolute Gasteiger partial charge is 0.338 e. The number of benzene rings is 2. The molecular weight excluding hydrogens is 322 g/mol. The molecule has 2 aromatic carbocycles. The maximum Gasteiger partial charge on any atom is 0.226 e. The summed E-state index contributed by atoms with van der Waals surface area (Å²) in [4.78, 5) is 27.0. The Bertz CT molecular complexity index is 726. The van der Waals surface area contributed by atoms with Crippen molar-refractivity contribution in [1.82, 2.24) is 4.90 Å². The van der Waals surface area contributed by atoms with Crippen LogP contribution in [0, 0.1) is 11.8 Å². The Morgan fingerprint density at radius 2 is 1.62 bits per heavy atom. The summed E-state index contributed by atoms with van der Waals surface area (Å²) < 4.78 is 0. The van der Waals surface area contributed by atoms with Gasteiger partial charge in [-0.25, -0.2) is 0 Å². The zero-order chi connectivity index (χ0) is 18.4. The fourth-order valence-corrected chi connectivity index (χ4v) is 3.70. The summed E-state index contributed by atoms with van der Waals surface area (Å²) in [6.07, 6.45) is 2.77. The number of nitrogens with zero attached hydrogens (tertiary/aromatic N) is 1. The van der Waals surface area contributed by atoms with Crippen LogP contribution < -0.4 is 0 Å². The molecule has 136 valence electrons. The standard InChI is InChI=1S/C23H27NO2/c1-18-16-21(12-13-22(18)25)23(26)24(17-20-10-6-3-7-11-20)15-14-19-8-4-2-5-9-19/h2-11,18,21H,12-17H2,1H3/t18-,21-/m1/s1. The summed E-state index contributed by atoms with van der Waals surface area (Å²) in [6.45, 7) is 3.29. The van der Waals surface area contributed by atoms with Gasteiger partial charge < -0.3 is 4.90 Å². The molecule has 3 nitrogen and oxygen atoms in total. The van der Waals surface area contributed by atoms with Crippen LogP contribution in [0.4, 0.5) is 0 Å². The molecule has 0 aromatic heterocycles. The lowest BCUT2D eigenvalue weighted by atomic mass is 9.80. The molecule has 0 saturated heterocycles. The van der Waals surface area contributed by atoms with Gasteiger partial charge in [-0.1, -0.05) is 67.6 Å². The second-order valence-electron chi connectivity index (χ2n) is 7.32. The molecule has 3 heteroatoms. The topological polar surface area (TPSA) is 37.4 Å². The normalized spacial score (nSPS) is 20.0. The fraction of sp³-hybridized carbons (Fsp3) is 0.391. The molecule has 0 unspecified atom stereocenters. The van der Waals surface area contributed by atoms with Crippen LogP contribution in [0.5, 0.6) is 0 Å². The molecular formula is C23H27NO2. The van der Waals surface area contributed by atoms with Crippen molar-refractivity contribution in [3.05, 3.63) is 71.8 Å². The van der Waals surface area contributed by atoms with E-state index in [1.807, 2.05) is 48.2 Å². The number of hydrogen-bond acceptors (Lipinski definition) is 2. The average molecular weight is 349 g/mol. The highest BCUT2D eigenvalue weighted by Crippen LogP contribution is 2.28. The van der Waals surface area contributed by atoms with Gasteiger partial charge in [-0.3, -0.25) is 9.59 Å². The van der Waals surface area contributed by atoms with E-state index in [1.54, 1.807) is 0 Å². The second kappa shape index (κ2) is 8.79. The highest BCUT2D eigenvalue weighted by Gasteiger charge is 2.32. The lowest BCUT2D eigenvalue weighted by molar-refractivity contribution is -0.139. The van der Waals surface area contributed by atoms with Crippen molar-refractivity contribution in [2.24, 2.45) is 11.8 Å². The van der Waals surface area contributed by atoms with Crippen LogP contribution in [0.15, 0.2) is 60.7 Å². The number of carbonyl (C=O) groups is 2. The van der Waals surface area contributed by atoms with Crippen LogP contribution in [-0.2, 0) is 22.6 Å². The molecule has 0 radical (unpaired) electrons. The molecule has 0 spiro atoms. The Balaban J connectivity index is 1.71. The zero-order valence-electron chi connectivity index (χ0n) is 15.4. The molecule has 0 heterocycles. The van der Waals surface area contributed by atoms with Gasteiger partial charge in [0.1, 0.15) is 5.78 Å². The molecule has 0 bridgehead atoms. The third-order valence-corrected chi connectivity index (χ3v) is 5.32. The van der Waals surface area contributed by atoms with Gasteiger partial charge in [-0.15, -0.1) is 0 Å². The van der Waals surface area contributed by atoms with Crippen molar-refractivity contribution in [1.29, 1.82) is 0 Å². The molecule has 0 N–H and O–H groups in total. The molecule has 1 fully saturated rings. The average Bonchev–Trinajstić information content (AvgIpc) is 2.68. The Labute approximate surface area is 156 Å². The van der Waals surface area contributed by atoms with E-state index in [-0.39, 0.29) is 17.7 Å². The number of hydrogen-bond donors (Lipinski definition) is 0. The second-order valence-corrected chi connectivity index (χ2v) is 7.32. The van der Waals surface area contributed by atoms with Crippen molar-refractivity contribution in [3.8, 4) is 0 Å². The number of rotatable bonds is 6. The van der Waals surface area contributed by atoms with Crippen molar-refractivity contribution in [3.63, 3.8) is 0 Å². The van der Waals surface area contributed by atoms with Crippen LogP contribution in [-0.4, -0.2) is 23.1 Å². The van der Waals surface area contributed by atoms with Gasteiger partial charge in [0.2, 0.25) is 5.91 Å². The summed E-state index contributed by atoms with van der Waals surface area (Å²) in [6, 6.07) is 20.4. The molecule has 2 aromatic rings. The summed E-state index contributed by atoms with van der Waals surface area (Å²) in [5.74, 6) is 0.477. The molecule has 0 aliphatic heterocycles. The van der Waals surface area contributed by atoms with E-state index in [9.17, 15) is 9.59 Å². The van der Waals surface area contributed by atoms with Crippen LogP contribution in [0.2, 0.25) is 0 Å². The number of ketones is 1. The third-order valence-electron chi connectivity index (χ3n) is 5.32. The van der Waals surface area contributed by atoms with Crippen molar-refractivity contribution >= 4 is 11.7 Å². The predicted octanol–water partition coefficient (Wildman–Crippen LogP) is 4.26. The van der Waals surface area contributed by atoms with Gasteiger partial charge in [-0.05, 0) is 30.4 Å². The maximum atomic E-state index is 13.2. The monoisotopic (exact) mass is 349 g/mol. The minimum absolute atomic E-state index is 0.00500. The predicted molar refractivity (Wildman–Crippen MR) is 104 cm³/mol. The summed E-state index contributed by atoms with van der Waals surface area (Å²) >= 11 is 0. The third kappa shape index (κ3) is 4.81. The minimum atomic E-state index is -0.0258. The number of Topliss-reactive ketones (excluding diaryl/α,β-unsaturated/α-hetero) is 1. The summed E-state index contributed by atoms with van der Waals surface area (Å²) in [5, 5.41) is 0. The van der Waals surface area contributed by atoms with Crippen molar-refractivity contribution in [2.45, 2.75) is 39.2 Å². The van der Waals surface area contributed by atoms with E-state index in [1.165, 1.54) is 5.56 Å².